The first-order valence-corrected chi connectivity index (χ1v) is 9.63. The van der Waals surface area contributed by atoms with Gasteiger partial charge in [-0.05, 0) is 30.7 Å². The first-order valence-electron chi connectivity index (χ1n) is 9.25. The highest BCUT2D eigenvalue weighted by Crippen LogP contribution is 2.34. The van der Waals surface area contributed by atoms with Crippen molar-refractivity contribution in [1.82, 2.24) is 0 Å². The molecule has 3 aromatic carbocycles. The van der Waals surface area contributed by atoms with E-state index in [1.54, 1.807) is 4.90 Å². The van der Waals surface area contributed by atoms with E-state index in [2.05, 4.69) is 0 Å². The van der Waals surface area contributed by atoms with E-state index in [9.17, 15) is 4.79 Å². The van der Waals surface area contributed by atoms with E-state index < -0.39 is 5.54 Å². The lowest BCUT2D eigenvalue weighted by molar-refractivity contribution is -0.122. The van der Waals surface area contributed by atoms with Crippen LogP contribution in [0.15, 0.2) is 83.9 Å². The molecular weight excluding hydrogens is 368 g/mol. The topological polar surface area (TPSA) is 32.7 Å². The Morgan fingerprint density at radius 2 is 1.61 bits per heavy atom. The Hall–Kier alpha value is -2.91. The van der Waals surface area contributed by atoms with E-state index in [1.165, 1.54) is 0 Å². The highest BCUT2D eigenvalue weighted by Gasteiger charge is 2.40. The van der Waals surface area contributed by atoms with E-state index in [4.69, 9.17) is 16.6 Å². The number of carbonyl (C=O) groups excluding carboxylic acids is 1. The van der Waals surface area contributed by atoms with E-state index in [0.717, 1.165) is 28.1 Å². The fourth-order valence-electron chi connectivity index (χ4n) is 3.74. The average molecular weight is 389 g/mol. The van der Waals surface area contributed by atoms with Crippen molar-refractivity contribution in [2.24, 2.45) is 4.99 Å². The number of rotatable bonds is 3. The molecule has 0 fully saturated rings. The normalized spacial score (nSPS) is 19.0. The van der Waals surface area contributed by atoms with Gasteiger partial charge < -0.3 is 4.90 Å². The molecule has 0 bridgehead atoms. The van der Waals surface area contributed by atoms with Gasteiger partial charge in [-0.1, -0.05) is 72.3 Å². The van der Waals surface area contributed by atoms with Crippen molar-refractivity contribution in [3.05, 3.63) is 101 Å². The van der Waals surface area contributed by atoms with E-state index in [-0.39, 0.29) is 5.91 Å². The summed E-state index contributed by atoms with van der Waals surface area (Å²) in [6.45, 7) is 1.91. The quantitative estimate of drug-likeness (QED) is 0.610. The summed E-state index contributed by atoms with van der Waals surface area (Å²) in [7, 11) is 1.81. The Labute approximate surface area is 170 Å². The molecule has 1 aliphatic heterocycles. The van der Waals surface area contributed by atoms with Gasteiger partial charge >= 0.3 is 0 Å². The molecule has 1 amide bonds. The Balaban J connectivity index is 1.94. The standard InChI is InChI=1S/C24H21ClN2O/c1-24(16-17-9-5-3-6-10-17)23(28)27(2)21-14-13-19(25)15-20(21)22(26-24)18-11-7-4-8-12-18/h3-15H,16H2,1-2H3/t24-/m1/s1. The number of anilines is 1. The minimum absolute atomic E-state index is 0.0362. The summed E-state index contributed by atoms with van der Waals surface area (Å²) in [5.41, 5.74) is 3.59. The highest BCUT2D eigenvalue weighted by atomic mass is 35.5. The Morgan fingerprint density at radius 3 is 2.29 bits per heavy atom. The Bertz CT molecular complexity index is 1050. The molecule has 0 radical (unpaired) electrons. The molecule has 0 saturated heterocycles. The summed E-state index contributed by atoms with van der Waals surface area (Å²) in [4.78, 5) is 20.2. The number of aliphatic imine (C=N–C) groups is 1. The maximum Gasteiger partial charge on any atom is 0.254 e. The number of nitrogens with zero attached hydrogens (tertiary/aromatic N) is 2. The fraction of sp³-hybridized carbons (Fsp3) is 0.167. The number of hydrogen-bond acceptors (Lipinski definition) is 2. The summed E-state index contributed by atoms with van der Waals surface area (Å²) in [6, 6.07) is 25.6. The molecule has 4 rings (SSSR count). The molecular formula is C24H21ClN2O. The molecule has 0 saturated carbocycles. The van der Waals surface area contributed by atoms with Crippen molar-refractivity contribution in [3.63, 3.8) is 0 Å². The van der Waals surface area contributed by atoms with Crippen LogP contribution in [0.3, 0.4) is 0 Å². The van der Waals surface area contributed by atoms with Crippen molar-refractivity contribution in [2.75, 3.05) is 11.9 Å². The first kappa shape index (κ1) is 18.5. The molecule has 1 heterocycles. The summed E-state index contributed by atoms with van der Waals surface area (Å²) < 4.78 is 0. The monoisotopic (exact) mass is 388 g/mol. The van der Waals surface area contributed by atoms with Crippen LogP contribution in [-0.4, -0.2) is 24.2 Å². The molecule has 0 aromatic heterocycles. The van der Waals surface area contributed by atoms with Crippen LogP contribution >= 0.6 is 11.6 Å². The minimum atomic E-state index is -0.924. The number of halogens is 1. The molecule has 0 unspecified atom stereocenters. The van der Waals surface area contributed by atoms with Crippen molar-refractivity contribution in [1.29, 1.82) is 0 Å². The van der Waals surface area contributed by atoms with E-state index >= 15 is 0 Å². The van der Waals surface area contributed by atoms with Crippen LogP contribution in [0, 0.1) is 0 Å². The van der Waals surface area contributed by atoms with Crippen LogP contribution in [0.1, 0.15) is 23.6 Å². The van der Waals surface area contributed by atoms with Gasteiger partial charge in [-0.3, -0.25) is 9.79 Å². The van der Waals surface area contributed by atoms with Gasteiger partial charge in [-0.15, -0.1) is 0 Å². The lowest BCUT2D eigenvalue weighted by Crippen LogP contribution is -2.45. The number of likely N-dealkylation sites (N-methyl/N-ethyl adjacent to an activating group) is 1. The third kappa shape index (κ3) is 3.34. The second-order valence-electron chi connectivity index (χ2n) is 7.29. The number of benzene rings is 3. The van der Waals surface area contributed by atoms with Crippen LogP contribution in [0.4, 0.5) is 5.69 Å². The molecule has 0 spiro atoms. The highest BCUT2D eigenvalue weighted by molar-refractivity contribution is 6.32. The SMILES string of the molecule is CN1C(=O)[C@@](C)(Cc2ccccc2)N=C(c2ccccc2)c2cc(Cl)ccc21. The van der Waals surface area contributed by atoms with Crippen LogP contribution in [0.2, 0.25) is 5.02 Å². The zero-order valence-corrected chi connectivity index (χ0v) is 16.6. The molecule has 3 aromatic rings. The van der Waals surface area contributed by atoms with Gasteiger partial charge in [0.15, 0.2) is 0 Å². The Kier molecular flexibility index (Phi) is 4.78. The number of fused-ring (bicyclic) bond motifs is 1. The van der Waals surface area contributed by atoms with Gasteiger partial charge in [0.05, 0.1) is 11.4 Å². The summed E-state index contributed by atoms with van der Waals surface area (Å²) >= 11 is 6.31. The molecule has 140 valence electrons. The predicted octanol–water partition coefficient (Wildman–Crippen LogP) is 5.16. The van der Waals surface area contributed by atoms with E-state index in [1.807, 2.05) is 92.8 Å². The molecule has 0 aliphatic carbocycles. The zero-order chi connectivity index (χ0) is 19.7. The van der Waals surface area contributed by atoms with Crippen LogP contribution < -0.4 is 4.90 Å². The van der Waals surface area contributed by atoms with Crippen molar-refractivity contribution in [2.45, 2.75) is 18.9 Å². The van der Waals surface area contributed by atoms with Gasteiger partial charge in [0.25, 0.3) is 5.91 Å². The van der Waals surface area contributed by atoms with Crippen LogP contribution in [-0.2, 0) is 11.2 Å². The summed E-state index contributed by atoms with van der Waals surface area (Å²) in [6.07, 6.45) is 0.523. The Morgan fingerprint density at radius 1 is 0.964 bits per heavy atom. The molecule has 1 atom stereocenters. The van der Waals surface area contributed by atoms with Crippen LogP contribution in [0.25, 0.3) is 0 Å². The first-order chi connectivity index (χ1) is 13.5. The van der Waals surface area contributed by atoms with Crippen molar-refractivity contribution in [3.8, 4) is 0 Å². The number of carbonyl (C=O) groups is 1. The molecule has 1 aliphatic rings. The number of benzodiazepines with no additional fused rings is 1. The molecule has 28 heavy (non-hydrogen) atoms. The smallest absolute Gasteiger partial charge is 0.254 e. The largest absolute Gasteiger partial charge is 0.313 e. The summed E-state index contributed by atoms with van der Waals surface area (Å²) in [5.74, 6) is -0.0362. The van der Waals surface area contributed by atoms with Gasteiger partial charge in [0.2, 0.25) is 0 Å². The van der Waals surface area contributed by atoms with Gasteiger partial charge in [-0.2, -0.15) is 0 Å². The molecule has 3 nitrogen and oxygen atoms in total. The maximum atomic E-state index is 13.5. The van der Waals surface area contributed by atoms with Gasteiger partial charge in [0, 0.05) is 29.6 Å². The van der Waals surface area contributed by atoms with Crippen molar-refractivity contribution < 1.29 is 4.79 Å². The third-order valence-corrected chi connectivity index (χ3v) is 5.37. The predicted molar refractivity (Wildman–Crippen MR) is 115 cm³/mol. The van der Waals surface area contributed by atoms with E-state index in [0.29, 0.717) is 11.4 Å². The maximum absolute atomic E-state index is 13.5. The van der Waals surface area contributed by atoms with Crippen LogP contribution in [0.5, 0.6) is 0 Å². The zero-order valence-electron chi connectivity index (χ0n) is 15.9. The third-order valence-electron chi connectivity index (χ3n) is 5.14. The number of hydrogen-bond donors (Lipinski definition) is 0. The lowest BCUT2D eigenvalue weighted by atomic mass is 9.91. The second kappa shape index (κ2) is 7.25. The average Bonchev–Trinajstić information content (AvgIpc) is 2.79. The van der Waals surface area contributed by atoms with Gasteiger partial charge in [0.1, 0.15) is 5.54 Å². The fourth-order valence-corrected chi connectivity index (χ4v) is 3.91. The lowest BCUT2D eigenvalue weighted by Gasteiger charge is -2.28. The minimum Gasteiger partial charge on any atom is -0.313 e. The van der Waals surface area contributed by atoms with Crippen molar-refractivity contribution >= 4 is 28.9 Å². The molecule has 0 N–H and O–H groups in total. The number of amides is 1. The second-order valence-corrected chi connectivity index (χ2v) is 7.72. The van der Waals surface area contributed by atoms with Gasteiger partial charge in [-0.25, -0.2) is 0 Å². The summed E-state index contributed by atoms with van der Waals surface area (Å²) in [5, 5.41) is 0.620. The molecule has 4 heteroatoms.